The molecular weight excluding hydrogens is 369 g/mol. The first-order chi connectivity index (χ1) is 11.9. The Balaban J connectivity index is 2.52. The molecule has 26 heavy (non-hydrogen) atoms. The lowest BCUT2D eigenvalue weighted by Crippen LogP contribution is -2.48. The van der Waals surface area contributed by atoms with Crippen LogP contribution < -0.4 is 10.2 Å². The number of halogens is 3. The zero-order chi connectivity index (χ0) is 19.9. The molecule has 2 rings (SSSR count). The number of likely N-dealkylation sites (N-methyl/N-ethyl adjacent to an activating group) is 1. The van der Waals surface area contributed by atoms with E-state index in [0.29, 0.717) is 6.07 Å². The summed E-state index contributed by atoms with van der Waals surface area (Å²) >= 11 is 5.24. The van der Waals surface area contributed by atoms with Crippen molar-refractivity contribution in [1.82, 2.24) is 10.2 Å². The van der Waals surface area contributed by atoms with Gasteiger partial charge in [-0.2, -0.15) is 18.4 Å². The van der Waals surface area contributed by atoms with Gasteiger partial charge in [0.2, 0.25) is 5.91 Å². The Morgan fingerprint density at radius 2 is 2.00 bits per heavy atom. The highest BCUT2D eigenvalue weighted by molar-refractivity contribution is 7.80. The third-order valence-electron chi connectivity index (χ3n) is 4.09. The van der Waals surface area contributed by atoms with E-state index in [1.807, 2.05) is 0 Å². The van der Waals surface area contributed by atoms with Crippen molar-refractivity contribution in [2.24, 2.45) is 0 Å². The van der Waals surface area contributed by atoms with Gasteiger partial charge in [0.05, 0.1) is 22.9 Å². The van der Waals surface area contributed by atoms with Gasteiger partial charge in [-0.05, 0) is 44.3 Å². The monoisotopic (exact) mass is 384 g/mol. The summed E-state index contributed by atoms with van der Waals surface area (Å²) in [6, 6.07) is 4.40. The van der Waals surface area contributed by atoms with Crippen molar-refractivity contribution in [3.8, 4) is 6.07 Å². The van der Waals surface area contributed by atoms with Gasteiger partial charge in [-0.15, -0.1) is 0 Å². The maximum Gasteiger partial charge on any atom is 0.417 e. The number of benzene rings is 1. The second kappa shape index (κ2) is 6.57. The standard InChI is InChI=1S/C16H15F3N4O2S/c1-15(2)13(25)23(14(26)22(15)8-12(24)21-3)10-5-4-9(7-20)11(6-10)16(17,18)19/h4-6H,8H2,1-3H3,(H,21,24). The van der Waals surface area contributed by atoms with E-state index in [4.69, 9.17) is 17.5 Å². The fourth-order valence-electron chi connectivity index (χ4n) is 2.55. The van der Waals surface area contributed by atoms with Crippen molar-refractivity contribution >= 4 is 34.8 Å². The van der Waals surface area contributed by atoms with Crippen molar-refractivity contribution in [1.29, 1.82) is 5.26 Å². The van der Waals surface area contributed by atoms with Gasteiger partial charge in [-0.25, -0.2) is 0 Å². The number of carbonyl (C=O) groups is 2. The Labute approximate surface area is 153 Å². The number of thiocarbonyl (C=S) groups is 1. The smallest absolute Gasteiger partial charge is 0.358 e. The predicted molar refractivity (Wildman–Crippen MR) is 91.1 cm³/mol. The van der Waals surface area contributed by atoms with Gasteiger partial charge in [0.25, 0.3) is 5.91 Å². The quantitative estimate of drug-likeness (QED) is 0.807. The highest BCUT2D eigenvalue weighted by Crippen LogP contribution is 2.37. The molecule has 1 fully saturated rings. The van der Waals surface area contributed by atoms with Crippen LogP contribution in [0.4, 0.5) is 18.9 Å². The van der Waals surface area contributed by atoms with Crippen LogP contribution in [-0.2, 0) is 15.8 Å². The summed E-state index contributed by atoms with van der Waals surface area (Å²) in [5.74, 6) is -0.963. The SMILES string of the molecule is CNC(=O)CN1C(=S)N(c2ccc(C#N)c(C(F)(F)F)c2)C(=O)C1(C)C. The second-order valence-electron chi connectivity index (χ2n) is 6.08. The fourth-order valence-corrected chi connectivity index (χ4v) is 3.04. The molecule has 0 spiro atoms. The Hall–Kier alpha value is -2.67. The van der Waals surface area contributed by atoms with Gasteiger partial charge < -0.3 is 10.2 Å². The molecule has 0 aromatic heterocycles. The van der Waals surface area contributed by atoms with E-state index in [1.165, 1.54) is 37.9 Å². The lowest BCUT2D eigenvalue weighted by molar-refractivity contribution is -0.137. The summed E-state index contributed by atoms with van der Waals surface area (Å²) in [6.45, 7) is 2.84. The molecule has 1 aliphatic rings. The number of carbonyl (C=O) groups excluding carboxylic acids is 2. The van der Waals surface area contributed by atoms with Crippen LogP contribution in [0.1, 0.15) is 25.0 Å². The summed E-state index contributed by atoms with van der Waals surface area (Å²) in [5, 5.41) is 11.2. The van der Waals surface area contributed by atoms with Gasteiger partial charge in [-0.1, -0.05) is 0 Å². The number of hydrogen-bond donors (Lipinski definition) is 1. The Kier molecular flexibility index (Phi) is 4.96. The average molecular weight is 384 g/mol. The molecule has 1 aliphatic heterocycles. The van der Waals surface area contributed by atoms with Crippen molar-refractivity contribution < 1.29 is 22.8 Å². The number of amides is 2. The second-order valence-corrected chi connectivity index (χ2v) is 6.45. The van der Waals surface area contributed by atoms with Crippen molar-refractivity contribution in [3.63, 3.8) is 0 Å². The maximum absolute atomic E-state index is 13.2. The first-order valence-electron chi connectivity index (χ1n) is 7.43. The summed E-state index contributed by atoms with van der Waals surface area (Å²) in [4.78, 5) is 26.7. The van der Waals surface area contributed by atoms with E-state index in [1.54, 1.807) is 0 Å². The van der Waals surface area contributed by atoms with E-state index in [-0.39, 0.29) is 17.3 Å². The zero-order valence-corrected chi connectivity index (χ0v) is 15.0. The lowest BCUT2D eigenvalue weighted by Gasteiger charge is -2.28. The van der Waals surface area contributed by atoms with Crippen LogP contribution in [0.3, 0.4) is 0 Å². The number of hydrogen-bond acceptors (Lipinski definition) is 4. The van der Waals surface area contributed by atoms with Crippen LogP contribution in [0.5, 0.6) is 0 Å². The highest BCUT2D eigenvalue weighted by atomic mass is 32.1. The van der Waals surface area contributed by atoms with Crippen LogP contribution in [0.2, 0.25) is 0 Å². The molecule has 0 saturated carbocycles. The minimum Gasteiger partial charge on any atom is -0.358 e. The number of anilines is 1. The van der Waals surface area contributed by atoms with E-state index in [2.05, 4.69) is 5.32 Å². The third kappa shape index (κ3) is 3.22. The zero-order valence-electron chi connectivity index (χ0n) is 14.1. The molecule has 0 bridgehead atoms. The number of alkyl halides is 3. The summed E-state index contributed by atoms with van der Waals surface area (Å²) in [6.07, 6.45) is -4.76. The lowest BCUT2D eigenvalue weighted by atomic mass is 10.0. The van der Waals surface area contributed by atoms with Gasteiger partial charge in [0.15, 0.2) is 5.11 Å². The molecule has 1 N–H and O–H groups in total. The summed E-state index contributed by atoms with van der Waals surface area (Å²) in [5.41, 5.74) is -3.04. The molecule has 10 heteroatoms. The first kappa shape index (κ1) is 19.7. The maximum atomic E-state index is 13.2. The number of nitriles is 1. The van der Waals surface area contributed by atoms with E-state index >= 15 is 0 Å². The molecule has 1 aromatic rings. The van der Waals surface area contributed by atoms with Gasteiger partial charge in [0.1, 0.15) is 12.1 Å². The van der Waals surface area contributed by atoms with Gasteiger partial charge in [-0.3, -0.25) is 14.5 Å². The molecule has 1 saturated heterocycles. The number of rotatable bonds is 3. The topological polar surface area (TPSA) is 76.4 Å². The minimum absolute atomic E-state index is 0.0820. The minimum atomic E-state index is -4.76. The van der Waals surface area contributed by atoms with Gasteiger partial charge >= 0.3 is 6.18 Å². The molecule has 138 valence electrons. The normalized spacial score (nSPS) is 16.7. The van der Waals surface area contributed by atoms with Crippen LogP contribution in [-0.4, -0.2) is 41.0 Å². The molecular formula is C16H15F3N4O2S. The highest BCUT2D eigenvalue weighted by Gasteiger charge is 2.50. The van der Waals surface area contributed by atoms with Crippen molar-refractivity contribution in [2.45, 2.75) is 25.6 Å². The molecule has 2 amide bonds. The molecule has 1 aromatic carbocycles. The fraction of sp³-hybridized carbons (Fsp3) is 0.375. The van der Waals surface area contributed by atoms with Crippen LogP contribution in [0.25, 0.3) is 0 Å². The summed E-state index contributed by atoms with van der Waals surface area (Å²) in [7, 11) is 1.42. The molecule has 0 atom stereocenters. The average Bonchev–Trinajstić information content (AvgIpc) is 2.73. The molecule has 1 heterocycles. The first-order valence-corrected chi connectivity index (χ1v) is 7.84. The molecule has 6 nitrogen and oxygen atoms in total. The Bertz CT molecular complexity index is 830. The van der Waals surface area contributed by atoms with Crippen molar-refractivity contribution in [2.75, 3.05) is 18.5 Å². The molecule has 0 radical (unpaired) electrons. The Morgan fingerprint density at radius 3 is 2.50 bits per heavy atom. The van der Waals surface area contributed by atoms with Crippen LogP contribution in [0.15, 0.2) is 18.2 Å². The number of nitrogens with one attached hydrogen (secondary N) is 1. The van der Waals surface area contributed by atoms with Crippen LogP contribution >= 0.6 is 12.2 Å². The van der Waals surface area contributed by atoms with Gasteiger partial charge in [0, 0.05) is 7.05 Å². The summed E-state index contributed by atoms with van der Waals surface area (Å²) < 4.78 is 39.6. The van der Waals surface area contributed by atoms with E-state index < -0.39 is 34.7 Å². The van der Waals surface area contributed by atoms with Crippen molar-refractivity contribution in [3.05, 3.63) is 29.3 Å². The Morgan fingerprint density at radius 1 is 1.38 bits per heavy atom. The molecule has 0 unspecified atom stereocenters. The van der Waals surface area contributed by atoms with E-state index in [9.17, 15) is 22.8 Å². The van der Waals surface area contributed by atoms with Crippen LogP contribution in [0, 0.1) is 11.3 Å². The number of nitrogens with zero attached hydrogens (tertiary/aromatic N) is 3. The molecule has 0 aliphatic carbocycles. The van der Waals surface area contributed by atoms with E-state index in [0.717, 1.165) is 11.0 Å². The third-order valence-corrected chi connectivity index (χ3v) is 4.49. The largest absolute Gasteiger partial charge is 0.417 e. The predicted octanol–water partition coefficient (Wildman–Crippen LogP) is 2.04.